The van der Waals surface area contributed by atoms with E-state index in [9.17, 15) is 10.2 Å². The number of hydrogen-bond donors (Lipinski definition) is 5. The maximum Gasteiger partial charge on any atom is 0.226 e. The molecular weight excluding hydrogens is 376 g/mol. The Morgan fingerprint density at radius 2 is 2.04 bits per heavy atom. The van der Waals surface area contributed by atoms with Crippen LogP contribution < -0.4 is 10.6 Å². The third-order valence-electron chi connectivity index (χ3n) is 4.55. The molecule has 1 aromatic carbocycles. The topological polar surface area (TPSA) is 108 Å². The van der Waals surface area contributed by atoms with Crippen molar-refractivity contribution >= 4 is 35.6 Å². The number of thiol groups is 1. The number of benzene rings is 1. The molecule has 1 fully saturated rings. The Labute approximate surface area is 168 Å². The molecule has 0 atom stereocenters. The van der Waals surface area contributed by atoms with E-state index >= 15 is 0 Å². The van der Waals surface area contributed by atoms with E-state index in [1.54, 1.807) is 38.4 Å². The molecule has 0 amide bonds. The van der Waals surface area contributed by atoms with Crippen LogP contribution in [0.3, 0.4) is 0 Å². The minimum Gasteiger partial charge on any atom is -0.508 e. The zero-order valence-corrected chi connectivity index (χ0v) is 16.7. The van der Waals surface area contributed by atoms with Gasteiger partial charge < -0.3 is 25.4 Å². The van der Waals surface area contributed by atoms with E-state index in [1.165, 1.54) is 0 Å². The van der Waals surface area contributed by atoms with Gasteiger partial charge in [0.05, 0.1) is 11.9 Å². The molecule has 28 heavy (non-hydrogen) atoms. The van der Waals surface area contributed by atoms with Crippen LogP contribution in [0.2, 0.25) is 0 Å². The molecule has 2 aromatic heterocycles. The van der Waals surface area contributed by atoms with E-state index in [-0.39, 0.29) is 5.75 Å². The summed E-state index contributed by atoms with van der Waals surface area (Å²) in [6, 6.07) is 5.59. The van der Waals surface area contributed by atoms with Gasteiger partial charge in [-0.1, -0.05) is 0 Å². The van der Waals surface area contributed by atoms with Crippen molar-refractivity contribution in [1.82, 2.24) is 19.5 Å². The summed E-state index contributed by atoms with van der Waals surface area (Å²) in [4.78, 5) is 14.4. The van der Waals surface area contributed by atoms with E-state index in [1.807, 2.05) is 0 Å². The number of nitrogens with one attached hydrogen (secondary N) is 2. The van der Waals surface area contributed by atoms with E-state index in [0.717, 1.165) is 23.4 Å². The van der Waals surface area contributed by atoms with Crippen LogP contribution in [-0.4, -0.2) is 41.9 Å². The first kappa shape index (κ1) is 18.8. The molecule has 0 bridgehead atoms. The lowest BCUT2D eigenvalue weighted by molar-refractivity contribution is 0.0943. The van der Waals surface area contributed by atoms with Crippen LogP contribution in [0.4, 0.5) is 11.8 Å². The fraction of sp³-hybridized carbons (Fsp3) is 0.421. The minimum atomic E-state index is -0.887. The molecule has 0 saturated heterocycles. The normalized spacial score (nSPS) is 14.4. The highest BCUT2D eigenvalue weighted by atomic mass is 32.1. The van der Waals surface area contributed by atoms with Crippen LogP contribution >= 0.6 is 12.6 Å². The minimum absolute atomic E-state index is 0.194. The fourth-order valence-corrected chi connectivity index (χ4v) is 3.16. The maximum atomic E-state index is 10.1. The van der Waals surface area contributed by atoms with Crippen LogP contribution in [0.25, 0.3) is 11.2 Å². The molecule has 0 aliphatic heterocycles. The van der Waals surface area contributed by atoms with Crippen molar-refractivity contribution in [3.8, 4) is 5.75 Å². The van der Waals surface area contributed by atoms with Gasteiger partial charge in [0, 0.05) is 29.6 Å². The van der Waals surface area contributed by atoms with Crippen molar-refractivity contribution in [1.29, 1.82) is 0 Å². The fourth-order valence-electron chi connectivity index (χ4n) is 2.93. The lowest BCUT2D eigenvalue weighted by Gasteiger charge is -2.18. The van der Waals surface area contributed by atoms with Gasteiger partial charge in [-0.25, -0.2) is 4.98 Å². The van der Waals surface area contributed by atoms with E-state index in [2.05, 4.69) is 42.8 Å². The van der Waals surface area contributed by atoms with Crippen LogP contribution in [0.5, 0.6) is 5.75 Å². The Kier molecular flexibility index (Phi) is 4.80. The van der Waals surface area contributed by atoms with Gasteiger partial charge in [0.25, 0.3) is 0 Å². The van der Waals surface area contributed by atoms with Crippen molar-refractivity contribution in [3.05, 3.63) is 30.1 Å². The highest BCUT2D eigenvalue weighted by Gasteiger charge is 2.27. The predicted molar refractivity (Wildman–Crippen MR) is 111 cm³/mol. The SMILES string of the molecule is CC(C)(O)CNc1nc(NCc2cc(S)ccc2O)c2ncn(C3CC3)c2n1. The van der Waals surface area contributed by atoms with Crippen molar-refractivity contribution in [2.45, 2.75) is 49.8 Å². The van der Waals surface area contributed by atoms with Gasteiger partial charge in [0.1, 0.15) is 5.75 Å². The van der Waals surface area contributed by atoms with Crippen molar-refractivity contribution < 1.29 is 10.2 Å². The number of fused-ring (bicyclic) bond motifs is 1. The van der Waals surface area contributed by atoms with Crippen molar-refractivity contribution in [2.24, 2.45) is 0 Å². The molecule has 0 unspecified atom stereocenters. The third kappa shape index (κ3) is 4.15. The Hall–Kier alpha value is -2.52. The van der Waals surface area contributed by atoms with E-state index in [0.29, 0.717) is 42.0 Å². The smallest absolute Gasteiger partial charge is 0.226 e. The highest BCUT2D eigenvalue weighted by Crippen LogP contribution is 2.37. The zero-order chi connectivity index (χ0) is 19.9. The molecule has 1 aliphatic rings. The number of rotatable bonds is 7. The second-order valence-electron chi connectivity index (χ2n) is 7.78. The molecule has 0 spiro atoms. The first-order valence-corrected chi connectivity index (χ1v) is 9.70. The van der Waals surface area contributed by atoms with Gasteiger partial charge in [-0.3, -0.25) is 0 Å². The summed E-state index contributed by atoms with van der Waals surface area (Å²) in [5.41, 5.74) is 1.26. The first-order chi connectivity index (χ1) is 13.3. The number of imidazole rings is 1. The number of phenols is 1. The van der Waals surface area contributed by atoms with Gasteiger partial charge in [-0.2, -0.15) is 9.97 Å². The average Bonchev–Trinajstić information content (AvgIpc) is 3.39. The summed E-state index contributed by atoms with van der Waals surface area (Å²) in [6.07, 6.45) is 4.04. The molecule has 148 valence electrons. The van der Waals surface area contributed by atoms with Gasteiger partial charge in [-0.05, 0) is 44.9 Å². The second-order valence-corrected chi connectivity index (χ2v) is 8.30. The zero-order valence-electron chi connectivity index (χ0n) is 15.8. The maximum absolute atomic E-state index is 10.1. The number of aromatic nitrogens is 4. The van der Waals surface area contributed by atoms with Crippen molar-refractivity contribution in [2.75, 3.05) is 17.2 Å². The van der Waals surface area contributed by atoms with E-state index < -0.39 is 5.60 Å². The molecule has 8 nitrogen and oxygen atoms in total. The van der Waals surface area contributed by atoms with Crippen LogP contribution in [0.1, 0.15) is 38.3 Å². The van der Waals surface area contributed by atoms with Crippen molar-refractivity contribution in [3.63, 3.8) is 0 Å². The molecule has 1 saturated carbocycles. The molecule has 2 heterocycles. The Bertz CT molecular complexity index is 1010. The molecule has 4 N–H and O–H groups in total. The van der Waals surface area contributed by atoms with Crippen LogP contribution in [0, 0.1) is 0 Å². The predicted octanol–water partition coefficient (Wildman–Crippen LogP) is 2.95. The van der Waals surface area contributed by atoms with Gasteiger partial charge in [0.2, 0.25) is 5.95 Å². The summed E-state index contributed by atoms with van der Waals surface area (Å²) < 4.78 is 2.07. The Balaban J connectivity index is 1.66. The molecule has 1 aliphatic carbocycles. The van der Waals surface area contributed by atoms with Gasteiger partial charge in [-0.15, -0.1) is 12.6 Å². The van der Waals surface area contributed by atoms with Crippen LogP contribution in [0.15, 0.2) is 29.4 Å². The van der Waals surface area contributed by atoms with Gasteiger partial charge in [0.15, 0.2) is 17.0 Å². The lowest BCUT2D eigenvalue weighted by atomic mass is 10.1. The number of aromatic hydroxyl groups is 1. The summed E-state index contributed by atoms with van der Waals surface area (Å²) in [5.74, 6) is 1.19. The largest absolute Gasteiger partial charge is 0.508 e. The average molecular weight is 401 g/mol. The quantitative estimate of drug-likeness (QED) is 0.388. The standard InChI is InChI=1S/C19H24N6O2S/c1-19(2,27)9-21-18-23-16(20-8-11-7-13(28)5-6-14(11)26)15-17(24-18)25(10-22-15)12-3-4-12/h5-7,10,12,26-28H,3-4,8-9H2,1-2H3,(H2,20,21,23,24). The first-order valence-electron chi connectivity index (χ1n) is 9.26. The summed E-state index contributed by atoms with van der Waals surface area (Å²) >= 11 is 4.33. The van der Waals surface area contributed by atoms with Crippen LogP contribution in [-0.2, 0) is 6.54 Å². The molecule has 0 radical (unpaired) electrons. The second kappa shape index (κ2) is 7.14. The summed E-state index contributed by atoms with van der Waals surface area (Å²) in [5, 5.41) is 26.4. The number of anilines is 2. The molecule has 4 rings (SSSR count). The lowest BCUT2D eigenvalue weighted by Crippen LogP contribution is -2.30. The summed E-state index contributed by atoms with van der Waals surface area (Å²) in [6.45, 7) is 4.13. The Morgan fingerprint density at radius 1 is 1.25 bits per heavy atom. The van der Waals surface area contributed by atoms with E-state index in [4.69, 9.17) is 0 Å². The van der Waals surface area contributed by atoms with Gasteiger partial charge >= 0.3 is 0 Å². The molecule has 3 aromatic rings. The third-order valence-corrected chi connectivity index (χ3v) is 4.83. The monoisotopic (exact) mass is 400 g/mol. The molecular formula is C19H24N6O2S. The Morgan fingerprint density at radius 3 is 2.75 bits per heavy atom. The highest BCUT2D eigenvalue weighted by molar-refractivity contribution is 7.80. The summed E-state index contributed by atoms with van der Waals surface area (Å²) in [7, 11) is 0. The number of hydrogen-bond acceptors (Lipinski definition) is 8. The number of nitrogens with zero attached hydrogens (tertiary/aromatic N) is 4. The number of aliphatic hydroxyl groups is 1. The number of phenolic OH excluding ortho intramolecular Hbond substituents is 1. The molecule has 9 heteroatoms.